The first-order valence-electron chi connectivity index (χ1n) is 6.81. The third kappa shape index (κ3) is 6.92. The molecule has 0 radical (unpaired) electrons. The van der Waals surface area contributed by atoms with Crippen LogP contribution in [0.15, 0.2) is 22.7 Å². The van der Waals surface area contributed by atoms with E-state index in [2.05, 4.69) is 35.1 Å². The zero-order valence-electron chi connectivity index (χ0n) is 11.9. The predicted molar refractivity (Wildman–Crippen MR) is 81.1 cm³/mol. The minimum atomic E-state index is -0.289. The molecule has 0 saturated heterocycles. The molecule has 1 rings (SSSR count). The molecule has 4 heteroatoms. The Labute approximate surface area is 123 Å². The van der Waals surface area contributed by atoms with Gasteiger partial charge in [0.2, 0.25) is 0 Å². The van der Waals surface area contributed by atoms with Gasteiger partial charge in [0.25, 0.3) is 0 Å². The van der Waals surface area contributed by atoms with Crippen molar-refractivity contribution < 1.29 is 9.13 Å². The van der Waals surface area contributed by atoms with E-state index < -0.39 is 0 Å². The molecule has 0 heterocycles. The van der Waals surface area contributed by atoms with Gasteiger partial charge in [-0.2, -0.15) is 0 Å². The summed E-state index contributed by atoms with van der Waals surface area (Å²) in [6.07, 6.45) is 2.12. The SMILES string of the molecule is CC(C)CNCCCC(C)Oc1ccc(Br)c(F)c1. The summed E-state index contributed by atoms with van der Waals surface area (Å²) in [6.45, 7) is 8.46. The van der Waals surface area contributed by atoms with E-state index in [-0.39, 0.29) is 11.9 Å². The molecule has 0 spiro atoms. The van der Waals surface area contributed by atoms with E-state index in [0.717, 1.165) is 25.9 Å². The summed E-state index contributed by atoms with van der Waals surface area (Å²) in [7, 11) is 0. The molecule has 0 bridgehead atoms. The van der Waals surface area contributed by atoms with Crippen molar-refractivity contribution in [3.05, 3.63) is 28.5 Å². The van der Waals surface area contributed by atoms with Crippen LogP contribution in [0.5, 0.6) is 5.75 Å². The Kier molecular flexibility index (Phi) is 7.39. The van der Waals surface area contributed by atoms with Crippen molar-refractivity contribution in [3.63, 3.8) is 0 Å². The second-order valence-corrected chi connectivity index (χ2v) is 6.10. The normalized spacial score (nSPS) is 12.7. The Bertz CT molecular complexity index is 384. The Balaban J connectivity index is 2.23. The summed E-state index contributed by atoms with van der Waals surface area (Å²) < 4.78 is 19.5. The van der Waals surface area contributed by atoms with Gasteiger partial charge >= 0.3 is 0 Å². The van der Waals surface area contributed by atoms with E-state index in [0.29, 0.717) is 16.1 Å². The lowest BCUT2D eigenvalue weighted by Gasteiger charge is -2.15. The number of hydrogen-bond acceptors (Lipinski definition) is 2. The summed E-state index contributed by atoms with van der Waals surface area (Å²) >= 11 is 3.13. The molecule has 0 amide bonds. The molecule has 1 atom stereocenters. The molecule has 0 aliphatic heterocycles. The largest absolute Gasteiger partial charge is 0.491 e. The predicted octanol–water partition coefficient (Wildman–Crippen LogP) is 4.38. The monoisotopic (exact) mass is 331 g/mol. The van der Waals surface area contributed by atoms with Crippen molar-refractivity contribution in [2.24, 2.45) is 5.92 Å². The average molecular weight is 332 g/mol. The fourth-order valence-electron chi connectivity index (χ4n) is 1.75. The van der Waals surface area contributed by atoms with E-state index >= 15 is 0 Å². The zero-order valence-corrected chi connectivity index (χ0v) is 13.5. The summed E-state index contributed by atoms with van der Waals surface area (Å²) in [5.74, 6) is 0.978. The first kappa shape index (κ1) is 16.4. The number of halogens is 2. The lowest BCUT2D eigenvalue weighted by Crippen LogP contribution is -2.22. The van der Waals surface area contributed by atoms with Crippen LogP contribution in [0.3, 0.4) is 0 Å². The molecule has 19 heavy (non-hydrogen) atoms. The molecule has 0 saturated carbocycles. The number of rotatable bonds is 8. The first-order chi connectivity index (χ1) is 8.99. The van der Waals surface area contributed by atoms with Crippen molar-refractivity contribution >= 4 is 15.9 Å². The molecule has 1 aromatic rings. The van der Waals surface area contributed by atoms with Crippen LogP contribution >= 0.6 is 15.9 Å². The van der Waals surface area contributed by atoms with Gasteiger partial charge in [-0.3, -0.25) is 0 Å². The van der Waals surface area contributed by atoms with Crippen LogP contribution < -0.4 is 10.1 Å². The highest BCUT2D eigenvalue weighted by molar-refractivity contribution is 9.10. The highest BCUT2D eigenvalue weighted by Crippen LogP contribution is 2.22. The third-order valence-electron chi connectivity index (χ3n) is 2.75. The number of benzene rings is 1. The van der Waals surface area contributed by atoms with E-state index in [1.54, 1.807) is 12.1 Å². The van der Waals surface area contributed by atoms with Crippen molar-refractivity contribution in [2.75, 3.05) is 13.1 Å². The molecule has 0 fully saturated rings. The van der Waals surface area contributed by atoms with Crippen LogP contribution in [0.4, 0.5) is 4.39 Å². The summed E-state index contributed by atoms with van der Waals surface area (Å²) in [6, 6.07) is 4.86. The molecule has 0 aliphatic carbocycles. The molecular weight excluding hydrogens is 309 g/mol. The van der Waals surface area contributed by atoms with Gasteiger partial charge in [-0.25, -0.2) is 4.39 Å². The van der Waals surface area contributed by atoms with Gasteiger partial charge in [-0.05, 0) is 66.8 Å². The number of ether oxygens (including phenoxy) is 1. The lowest BCUT2D eigenvalue weighted by molar-refractivity contribution is 0.206. The van der Waals surface area contributed by atoms with Crippen molar-refractivity contribution in [2.45, 2.75) is 39.7 Å². The Hall–Kier alpha value is -0.610. The topological polar surface area (TPSA) is 21.3 Å². The van der Waals surface area contributed by atoms with Gasteiger partial charge in [-0.15, -0.1) is 0 Å². The van der Waals surface area contributed by atoms with Gasteiger partial charge in [0.1, 0.15) is 11.6 Å². The van der Waals surface area contributed by atoms with Gasteiger partial charge in [0, 0.05) is 6.07 Å². The fourth-order valence-corrected chi connectivity index (χ4v) is 1.99. The maximum atomic E-state index is 13.3. The molecular formula is C15H23BrFNO. The molecule has 0 aromatic heterocycles. The third-order valence-corrected chi connectivity index (χ3v) is 3.39. The molecule has 1 unspecified atom stereocenters. The maximum absolute atomic E-state index is 13.3. The lowest BCUT2D eigenvalue weighted by atomic mass is 10.2. The number of hydrogen-bond donors (Lipinski definition) is 1. The second kappa shape index (κ2) is 8.54. The molecule has 0 aliphatic rings. The smallest absolute Gasteiger partial charge is 0.141 e. The van der Waals surface area contributed by atoms with Crippen molar-refractivity contribution in [1.82, 2.24) is 5.32 Å². The van der Waals surface area contributed by atoms with Crippen LogP contribution in [0.2, 0.25) is 0 Å². The summed E-state index contributed by atoms with van der Waals surface area (Å²) in [5.41, 5.74) is 0. The highest BCUT2D eigenvalue weighted by atomic mass is 79.9. The second-order valence-electron chi connectivity index (χ2n) is 5.24. The van der Waals surface area contributed by atoms with Crippen LogP contribution in [0.25, 0.3) is 0 Å². The zero-order chi connectivity index (χ0) is 14.3. The van der Waals surface area contributed by atoms with E-state index in [1.807, 2.05) is 6.92 Å². The standard InChI is InChI=1S/C15H23BrFNO/c1-11(2)10-18-8-4-5-12(3)19-13-6-7-14(16)15(17)9-13/h6-7,9,11-12,18H,4-5,8,10H2,1-3H3. The molecule has 1 aromatic carbocycles. The Morgan fingerprint density at radius 2 is 2.05 bits per heavy atom. The Morgan fingerprint density at radius 3 is 2.68 bits per heavy atom. The molecule has 108 valence electrons. The fraction of sp³-hybridized carbons (Fsp3) is 0.600. The van der Waals surface area contributed by atoms with Gasteiger partial charge in [0.15, 0.2) is 0 Å². The summed E-state index contributed by atoms with van der Waals surface area (Å²) in [4.78, 5) is 0. The molecule has 1 N–H and O–H groups in total. The minimum absolute atomic E-state index is 0.0985. The Morgan fingerprint density at radius 1 is 1.32 bits per heavy atom. The van der Waals surface area contributed by atoms with Crippen molar-refractivity contribution in [1.29, 1.82) is 0 Å². The van der Waals surface area contributed by atoms with Gasteiger partial charge < -0.3 is 10.1 Å². The van der Waals surface area contributed by atoms with E-state index in [4.69, 9.17) is 4.74 Å². The van der Waals surface area contributed by atoms with E-state index in [9.17, 15) is 4.39 Å². The highest BCUT2D eigenvalue weighted by Gasteiger charge is 2.06. The van der Waals surface area contributed by atoms with Gasteiger partial charge in [0.05, 0.1) is 10.6 Å². The molecule has 2 nitrogen and oxygen atoms in total. The van der Waals surface area contributed by atoms with Crippen molar-refractivity contribution in [3.8, 4) is 5.75 Å². The number of nitrogens with one attached hydrogen (secondary N) is 1. The van der Waals surface area contributed by atoms with Crippen LogP contribution in [-0.4, -0.2) is 19.2 Å². The summed E-state index contributed by atoms with van der Waals surface area (Å²) in [5, 5.41) is 3.40. The first-order valence-corrected chi connectivity index (χ1v) is 7.60. The van der Waals surface area contributed by atoms with Crippen LogP contribution in [0.1, 0.15) is 33.6 Å². The minimum Gasteiger partial charge on any atom is -0.491 e. The average Bonchev–Trinajstić information content (AvgIpc) is 2.33. The van der Waals surface area contributed by atoms with Crippen LogP contribution in [0, 0.1) is 11.7 Å². The van der Waals surface area contributed by atoms with Crippen LogP contribution in [-0.2, 0) is 0 Å². The quantitative estimate of drug-likeness (QED) is 0.713. The maximum Gasteiger partial charge on any atom is 0.141 e. The van der Waals surface area contributed by atoms with E-state index in [1.165, 1.54) is 6.07 Å². The van der Waals surface area contributed by atoms with Gasteiger partial charge in [-0.1, -0.05) is 13.8 Å².